The van der Waals surface area contributed by atoms with Gasteiger partial charge in [-0.3, -0.25) is 4.79 Å². The Morgan fingerprint density at radius 2 is 2.30 bits per heavy atom. The highest BCUT2D eigenvalue weighted by molar-refractivity contribution is 5.50. The fourth-order valence-electron chi connectivity index (χ4n) is 0.662. The molecule has 0 aromatic carbocycles. The molecular weight excluding hydrogens is 126 g/mol. The molecule has 0 rings (SSSR count). The molecule has 0 bridgehead atoms. The second-order valence-electron chi connectivity index (χ2n) is 2.39. The van der Waals surface area contributed by atoms with Crippen molar-refractivity contribution >= 4 is 6.41 Å². The SMILES string of the molecule is C=C(C)N(C=O)CCCC. The van der Waals surface area contributed by atoms with Gasteiger partial charge in [-0.25, -0.2) is 0 Å². The molecule has 0 aliphatic carbocycles. The van der Waals surface area contributed by atoms with Crippen molar-refractivity contribution in [1.82, 2.24) is 4.90 Å². The van der Waals surface area contributed by atoms with Gasteiger partial charge in [-0.15, -0.1) is 0 Å². The Balaban J connectivity index is 3.60. The smallest absolute Gasteiger partial charge is 0.213 e. The molecule has 0 aliphatic heterocycles. The van der Waals surface area contributed by atoms with E-state index in [1.807, 2.05) is 6.92 Å². The largest absolute Gasteiger partial charge is 0.320 e. The molecule has 58 valence electrons. The van der Waals surface area contributed by atoms with E-state index < -0.39 is 0 Å². The Labute approximate surface area is 62.5 Å². The molecule has 1 amide bonds. The van der Waals surface area contributed by atoms with Gasteiger partial charge < -0.3 is 4.90 Å². The highest BCUT2D eigenvalue weighted by Gasteiger charge is 1.98. The first kappa shape index (κ1) is 9.21. The van der Waals surface area contributed by atoms with Crippen LogP contribution in [0.5, 0.6) is 0 Å². The van der Waals surface area contributed by atoms with Crippen LogP contribution in [0.1, 0.15) is 26.7 Å². The molecule has 0 saturated heterocycles. The minimum atomic E-state index is 0.801. The molecule has 0 aliphatic rings. The van der Waals surface area contributed by atoms with Gasteiger partial charge in [0.2, 0.25) is 6.41 Å². The molecule has 2 heteroatoms. The highest BCUT2D eigenvalue weighted by atomic mass is 16.1. The molecule has 0 aromatic heterocycles. The van der Waals surface area contributed by atoms with Crippen molar-refractivity contribution in [2.75, 3.05) is 6.54 Å². The van der Waals surface area contributed by atoms with Crippen molar-refractivity contribution in [3.63, 3.8) is 0 Å². The number of nitrogens with zero attached hydrogens (tertiary/aromatic N) is 1. The number of rotatable bonds is 5. The van der Waals surface area contributed by atoms with Crippen LogP contribution in [0.3, 0.4) is 0 Å². The number of hydrogen-bond donors (Lipinski definition) is 0. The molecule has 0 spiro atoms. The van der Waals surface area contributed by atoms with E-state index in [-0.39, 0.29) is 0 Å². The molecule has 10 heavy (non-hydrogen) atoms. The summed E-state index contributed by atoms with van der Waals surface area (Å²) in [6.07, 6.45) is 2.99. The van der Waals surface area contributed by atoms with E-state index >= 15 is 0 Å². The van der Waals surface area contributed by atoms with E-state index in [0.717, 1.165) is 31.5 Å². The van der Waals surface area contributed by atoms with Crippen molar-refractivity contribution in [3.05, 3.63) is 12.3 Å². The third kappa shape index (κ3) is 3.28. The van der Waals surface area contributed by atoms with Crippen LogP contribution in [-0.4, -0.2) is 17.9 Å². The Bertz CT molecular complexity index is 120. The van der Waals surface area contributed by atoms with Gasteiger partial charge in [0.25, 0.3) is 0 Å². The minimum absolute atomic E-state index is 0.801. The fourth-order valence-corrected chi connectivity index (χ4v) is 0.662. The summed E-state index contributed by atoms with van der Waals surface area (Å²) in [5.41, 5.74) is 0.823. The summed E-state index contributed by atoms with van der Waals surface area (Å²) in [4.78, 5) is 11.9. The second kappa shape index (κ2) is 5.03. The Kier molecular flexibility index (Phi) is 4.63. The summed E-state index contributed by atoms with van der Waals surface area (Å²) < 4.78 is 0. The van der Waals surface area contributed by atoms with Crippen molar-refractivity contribution in [2.24, 2.45) is 0 Å². The summed E-state index contributed by atoms with van der Waals surface area (Å²) in [5, 5.41) is 0. The molecule has 0 unspecified atom stereocenters. The zero-order chi connectivity index (χ0) is 7.98. The van der Waals surface area contributed by atoms with Crippen LogP contribution < -0.4 is 0 Å². The van der Waals surface area contributed by atoms with Gasteiger partial charge in [-0.1, -0.05) is 19.9 Å². The molecule has 2 nitrogen and oxygen atoms in total. The molecular formula is C8H15NO. The maximum Gasteiger partial charge on any atom is 0.213 e. The number of carbonyl (C=O) groups excluding carboxylic acids is 1. The van der Waals surface area contributed by atoms with Crippen LogP contribution in [0.15, 0.2) is 12.3 Å². The van der Waals surface area contributed by atoms with E-state index in [4.69, 9.17) is 0 Å². The Morgan fingerprint density at radius 3 is 2.60 bits per heavy atom. The molecule has 0 N–H and O–H groups in total. The van der Waals surface area contributed by atoms with Crippen molar-refractivity contribution < 1.29 is 4.79 Å². The van der Waals surface area contributed by atoms with Gasteiger partial charge in [-0.05, 0) is 13.3 Å². The summed E-state index contributed by atoms with van der Waals surface area (Å²) in [6.45, 7) is 8.41. The lowest BCUT2D eigenvalue weighted by Gasteiger charge is -2.15. The lowest BCUT2D eigenvalue weighted by atomic mass is 10.3. The maximum atomic E-state index is 10.3. The van der Waals surface area contributed by atoms with Crippen LogP contribution >= 0.6 is 0 Å². The molecule has 0 radical (unpaired) electrons. The molecule has 0 saturated carbocycles. The van der Waals surface area contributed by atoms with Gasteiger partial charge in [0, 0.05) is 12.2 Å². The van der Waals surface area contributed by atoms with Gasteiger partial charge in [-0.2, -0.15) is 0 Å². The van der Waals surface area contributed by atoms with Crippen molar-refractivity contribution in [2.45, 2.75) is 26.7 Å². The van der Waals surface area contributed by atoms with Crippen LogP contribution in [0.25, 0.3) is 0 Å². The highest BCUT2D eigenvalue weighted by Crippen LogP contribution is 1.98. The van der Waals surface area contributed by atoms with Gasteiger partial charge in [0.05, 0.1) is 0 Å². The van der Waals surface area contributed by atoms with E-state index in [9.17, 15) is 4.79 Å². The van der Waals surface area contributed by atoms with E-state index in [1.54, 1.807) is 4.90 Å². The van der Waals surface area contributed by atoms with E-state index in [0.29, 0.717) is 0 Å². The number of carbonyl (C=O) groups is 1. The number of amides is 1. The van der Waals surface area contributed by atoms with Gasteiger partial charge in [0.1, 0.15) is 0 Å². The first-order chi connectivity index (χ1) is 4.72. The Morgan fingerprint density at radius 1 is 1.70 bits per heavy atom. The zero-order valence-electron chi connectivity index (χ0n) is 6.76. The summed E-state index contributed by atoms with van der Waals surface area (Å²) >= 11 is 0. The monoisotopic (exact) mass is 141 g/mol. The molecule has 0 atom stereocenters. The van der Waals surface area contributed by atoms with Crippen LogP contribution in [-0.2, 0) is 4.79 Å². The maximum absolute atomic E-state index is 10.3. The first-order valence-corrected chi connectivity index (χ1v) is 3.59. The molecule has 0 aromatic rings. The third-order valence-corrected chi connectivity index (χ3v) is 1.37. The average molecular weight is 141 g/mol. The van der Waals surface area contributed by atoms with Crippen LogP contribution in [0, 0.1) is 0 Å². The Hall–Kier alpha value is -0.790. The normalized spacial score (nSPS) is 9.00. The summed E-state index contributed by atoms with van der Waals surface area (Å²) in [5.74, 6) is 0. The number of unbranched alkanes of at least 4 members (excludes halogenated alkanes) is 1. The van der Waals surface area contributed by atoms with Crippen LogP contribution in [0.2, 0.25) is 0 Å². The first-order valence-electron chi connectivity index (χ1n) is 3.59. The predicted molar refractivity (Wildman–Crippen MR) is 42.5 cm³/mol. The van der Waals surface area contributed by atoms with E-state index in [1.165, 1.54) is 0 Å². The van der Waals surface area contributed by atoms with Crippen LogP contribution in [0.4, 0.5) is 0 Å². The number of hydrogen-bond acceptors (Lipinski definition) is 1. The third-order valence-electron chi connectivity index (χ3n) is 1.37. The lowest BCUT2D eigenvalue weighted by molar-refractivity contribution is -0.116. The fraction of sp³-hybridized carbons (Fsp3) is 0.625. The van der Waals surface area contributed by atoms with E-state index in [2.05, 4.69) is 13.5 Å². The molecule has 0 fully saturated rings. The lowest BCUT2D eigenvalue weighted by Crippen LogP contribution is -2.19. The average Bonchev–Trinajstić information content (AvgIpc) is 1.89. The summed E-state index contributed by atoms with van der Waals surface area (Å²) in [7, 11) is 0. The quantitative estimate of drug-likeness (QED) is 0.534. The van der Waals surface area contributed by atoms with Gasteiger partial charge >= 0.3 is 0 Å². The summed E-state index contributed by atoms with van der Waals surface area (Å²) in [6, 6.07) is 0. The predicted octanol–water partition coefficient (Wildman–Crippen LogP) is 1.78. The minimum Gasteiger partial charge on any atom is -0.320 e. The second-order valence-corrected chi connectivity index (χ2v) is 2.39. The van der Waals surface area contributed by atoms with Crippen molar-refractivity contribution in [1.29, 1.82) is 0 Å². The standard InChI is InChI=1S/C8H15NO/c1-4-5-6-9(7-10)8(2)3/h7H,2,4-6H2,1,3H3. The topological polar surface area (TPSA) is 20.3 Å². The number of allylic oxidation sites excluding steroid dienone is 1. The van der Waals surface area contributed by atoms with Gasteiger partial charge in [0.15, 0.2) is 0 Å². The van der Waals surface area contributed by atoms with Crippen molar-refractivity contribution in [3.8, 4) is 0 Å². The molecule has 0 heterocycles. The zero-order valence-corrected chi connectivity index (χ0v) is 6.76.